The van der Waals surface area contributed by atoms with Gasteiger partial charge in [0.25, 0.3) is 0 Å². The minimum absolute atomic E-state index is 0.250. The van der Waals surface area contributed by atoms with Crippen molar-refractivity contribution in [2.45, 2.75) is 32.4 Å². The number of para-hydroxylation sites is 4. The highest BCUT2D eigenvalue weighted by molar-refractivity contribution is 6.25. The molecule has 1 N–H and O–H groups in total. The number of hydrogen-bond donors (Lipinski definition) is 1. The molecule has 1 aliphatic carbocycles. The summed E-state index contributed by atoms with van der Waals surface area (Å²) in [5, 5.41) is 8.08. The summed E-state index contributed by atoms with van der Waals surface area (Å²) in [5.74, 6) is 0. The molecule has 10 rings (SSSR count). The molecule has 0 bridgehead atoms. The summed E-state index contributed by atoms with van der Waals surface area (Å²) in [5.41, 5.74) is 14.8. The Labute approximate surface area is 272 Å². The van der Waals surface area contributed by atoms with Gasteiger partial charge in [-0.05, 0) is 89.6 Å². The lowest BCUT2D eigenvalue weighted by Gasteiger charge is -2.27. The second-order valence-electron chi connectivity index (χ2n) is 12.8. The van der Waals surface area contributed by atoms with Crippen molar-refractivity contribution < 1.29 is 8.83 Å². The molecule has 0 spiro atoms. The maximum atomic E-state index is 6.57. The Morgan fingerprint density at radius 2 is 1.47 bits per heavy atom. The number of aryl methyl sites for hydroxylation is 1. The molecular formula is C43H32N2O2. The molecule has 2 aromatic heterocycles. The number of hydrogen-bond acceptors (Lipinski definition) is 4. The van der Waals surface area contributed by atoms with E-state index in [1.165, 1.54) is 44.9 Å². The van der Waals surface area contributed by atoms with E-state index in [1.54, 1.807) is 0 Å². The van der Waals surface area contributed by atoms with Gasteiger partial charge in [-0.1, -0.05) is 91.9 Å². The summed E-state index contributed by atoms with van der Waals surface area (Å²) < 4.78 is 13.0. The van der Waals surface area contributed by atoms with Crippen molar-refractivity contribution in [2.24, 2.45) is 0 Å². The zero-order chi connectivity index (χ0) is 31.1. The van der Waals surface area contributed by atoms with Gasteiger partial charge in [-0.15, -0.1) is 0 Å². The minimum atomic E-state index is 0.250. The molecule has 3 heterocycles. The normalized spacial score (nSPS) is 15.7. The van der Waals surface area contributed by atoms with Crippen molar-refractivity contribution in [3.05, 3.63) is 138 Å². The summed E-state index contributed by atoms with van der Waals surface area (Å²) in [4.78, 5) is 2.45. The van der Waals surface area contributed by atoms with Crippen LogP contribution in [0.25, 0.3) is 66.7 Å². The van der Waals surface area contributed by atoms with Crippen LogP contribution in [-0.2, 0) is 6.42 Å². The molecule has 4 nitrogen and oxygen atoms in total. The lowest BCUT2D eigenvalue weighted by Crippen LogP contribution is -2.30. The molecule has 0 saturated heterocycles. The summed E-state index contributed by atoms with van der Waals surface area (Å²) in [6.45, 7) is 2.24. The van der Waals surface area contributed by atoms with Crippen LogP contribution >= 0.6 is 0 Å². The first kappa shape index (κ1) is 26.5. The Kier molecular flexibility index (Phi) is 5.71. The van der Waals surface area contributed by atoms with Gasteiger partial charge in [0, 0.05) is 27.4 Å². The highest BCUT2D eigenvalue weighted by Gasteiger charge is 2.29. The predicted molar refractivity (Wildman–Crippen MR) is 195 cm³/mol. The van der Waals surface area contributed by atoms with Gasteiger partial charge in [-0.25, -0.2) is 0 Å². The van der Waals surface area contributed by atoms with E-state index in [0.29, 0.717) is 0 Å². The monoisotopic (exact) mass is 608 g/mol. The zero-order valence-corrected chi connectivity index (χ0v) is 26.1. The first-order chi connectivity index (χ1) is 23.2. The molecular weight excluding hydrogens is 576 g/mol. The van der Waals surface area contributed by atoms with E-state index in [0.717, 1.165) is 68.7 Å². The Balaban J connectivity index is 1.07. The highest BCUT2D eigenvalue weighted by Crippen LogP contribution is 2.45. The average Bonchev–Trinajstić information content (AvgIpc) is 3.82. The van der Waals surface area contributed by atoms with Crippen molar-refractivity contribution in [2.75, 3.05) is 10.2 Å². The SMILES string of the molecule is CC[C@H]1Nc2ccccc2N1c1cccc(C2=Cc3ccc(-c4cc5c6ccccc6oc5c5c4oc4ccccc45)cc3CC2)c1. The second-order valence-corrected chi connectivity index (χ2v) is 12.8. The van der Waals surface area contributed by atoms with Gasteiger partial charge in [0.05, 0.1) is 16.8 Å². The summed E-state index contributed by atoms with van der Waals surface area (Å²) in [6, 6.07) is 43.4. The fraction of sp³-hybridized carbons (Fsp3) is 0.116. The van der Waals surface area contributed by atoms with Crippen LogP contribution in [-0.4, -0.2) is 6.17 Å². The zero-order valence-electron chi connectivity index (χ0n) is 26.1. The molecule has 0 saturated carbocycles. The van der Waals surface area contributed by atoms with Crippen molar-refractivity contribution >= 4 is 72.6 Å². The van der Waals surface area contributed by atoms with E-state index >= 15 is 0 Å². The quantitative estimate of drug-likeness (QED) is 0.216. The van der Waals surface area contributed by atoms with Crippen LogP contribution in [0, 0.1) is 0 Å². The third kappa shape index (κ3) is 4.01. The van der Waals surface area contributed by atoms with Crippen LogP contribution in [0.15, 0.2) is 130 Å². The van der Waals surface area contributed by atoms with Crippen LogP contribution in [0.1, 0.15) is 36.5 Å². The number of nitrogens with one attached hydrogen (secondary N) is 1. The van der Waals surface area contributed by atoms with Gasteiger partial charge in [-0.2, -0.15) is 0 Å². The number of benzene rings is 6. The van der Waals surface area contributed by atoms with Crippen LogP contribution in [0.3, 0.4) is 0 Å². The molecule has 6 aromatic carbocycles. The summed E-state index contributed by atoms with van der Waals surface area (Å²) >= 11 is 0. The van der Waals surface area contributed by atoms with E-state index < -0.39 is 0 Å². The van der Waals surface area contributed by atoms with Gasteiger partial charge in [-0.3, -0.25) is 0 Å². The lowest BCUT2D eigenvalue weighted by molar-refractivity contribution is 0.663. The number of rotatable bonds is 4. The Hall–Kier alpha value is -5.74. The van der Waals surface area contributed by atoms with Crippen LogP contribution in [0.4, 0.5) is 17.1 Å². The molecule has 4 heteroatoms. The van der Waals surface area contributed by atoms with Gasteiger partial charge >= 0.3 is 0 Å². The average molecular weight is 609 g/mol. The molecule has 1 atom stereocenters. The topological polar surface area (TPSA) is 41.5 Å². The Morgan fingerprint density at radius 1 is 0.681 bits per heavy atom. The summed E-state index contributed by atoms with van der Waals surface area (Å²) in [6.07, 6.45) is 5.64. The van der Waals surface area contributed by atoms with Crippen molar-refractivity contribution in [1.29, 1.82) is 0 Å². The van der Waals surface area contributed by atoms with Gasteiger partial charge in [0.2, 0.25) is 0 Å². The lowest BCUT2D eigenvalue weighted by atomic mass is 9.86. The van der Waals surface area contributed by atoms with Crippen LogP contribution < -0.4 is 10.2 Å². The van der Waals surface area contributed by atoms with Gasteiger partial charge < -0.3 is 19.1 Å². The first-order valence-electron chi connectivity index (χ1n) is 16.6. The van der Waals surface area contributed by atoms with E-state index in [4.69, 9.17) is 8.83 Å². The maximum Gasteiger partial charge on any atom is 0.147 e. The molecule has 8 aromatic rings. The van der Waals surface area contributed by atoms with E-state index in [-0.39, 0.29) is 6.17 Å². The third-order valence-corrected chi connectivity index (χ3v) is 10.1. The molecule has 0 amide bonds. The first-order valence-corrected chi connectivity index (χ1v) is 16.6. The van der Waals surface area contributed by atoms with E-state index in [9.17, 15) is 0 Å². The van der Waals surface area contributed by atoms with E-state index in [1.807, 2.05) is 24.3 Å². The molecule has 226 valence electrons. The Bertz CT molecular complexity index is 2570. The molecule has 1 aliphatic heterocycles. The van der Waals surface area contributed by atoms with Crippen molar-refractivity contribution in [1.82, 2.24) is 0 Å². The largest absolute Gasteiger partial charge is 0.455 e. The highest BCUT2D eigenvalue weighted by atomic mass is 16.3. The maximum absolute atomic E-state index is 6.57. The smallest absolute Gasteiger partial charge is 0.147 e. The minimum Gasteiger partial charge on any atom is -0.455 e. The third-order valence-electron chi connectivity index (χ3n) is 10.1. The number of fused-ring (bicyclic) bond motifs is 9. The molecule has 0 unspecified atom stereocenters. The van der Waals surface area contributed by atoms with Gasteiger partial charge in [0.1, 0.15) is 28.5 Å². The number of anilines is 3. The number of nitrogens with zero attached hydrogens (tertiary/aromatic N) is 1. The fourth-order valence-electron chi connectivity index (χ4n) is 7.84. The fourth-order valence-corrected chi connectivity index (χ4v) is 7.84. The predicted octanol–water partition coefficient (Wildman–Crippen LogP) is 11.9. The number of furan rings is 2. The van der Waals surface area contributed by atoms with Crippen LogP contribution in [0.2, 0.25) is 0 Å². The van der Waals surface area contributed by atoms with Gasteiger partial charge in [0.15, 0.2) is 0 Å². The molecule has 47 heavy (non-hydrogen) atoms. The molecule has 0 radical (unpaired) electrons. The second kappa shape index (κ2) is 10.1. The van der Waals surface area contributed by atoms with E-state index in [2.05, 4.69) is 120 Å². The van der Waals surface area contributed by atoms with Crippen molar-refractivity contribution in [3.63, 3.8) is 0 Å². The standard InChI is InChI=1S/C43H32N2O2/c1-2-40-44-36-14-5-6-15-37(36)45(40)31-11-9-10-26(24-31)27-18-19-29-23-30(21-20-28(29)22-27)34-25-35-32-12-3-7-16-38(32)46-43(35)41-33-13-4-8-17-39(33)47-42(34)41/h3-17,20-25,40,44H,2,18-19H2,1H3/t40-/m0/s1. The summed E-state index contributed by atoms with van der Waals surface area (Å²) in [7, 11) is 0. The number of allylic oxidation sites excluding steroid dienone is 1. The molecule has 2 aliphatic rings. The molecule has 0 fully saturated rings. The van der Waals surface area contributed by atoms with Crippen molar-refractivity contribution in [3.8, 4) is 11.1 Å². The van der Waals surface area contributed by atoms with Crippen LogP contribution in [0.5, 0.6) is 0 Å². The Morgan fingerprint density at radius 3 is 2.36 bits per heavy atom.